The Morgan fingerprint density at radius 1 is 0.963 bits per heavy atom. The van der Waals surface area contributed by atoms with Crippen LogP contribution in [0.2, 0.25) is 0 Å². The number of carbonyl (C=O) groups is 2. The molecule has 2 aromatic carbocycles. The molecule has 0 bridgehead atoms. The van der Waals surface area contributed by atoms with Crippen molar-refractivity contribution < 1.29 is 9.59 Å². The summed E-state index contributed by atoms with van der Waals surface area (Å²) in [6.07, 6.45) is 0. The van der Waals surface area contributed by atoms with Crippen LogP contribution in [-0.2, 0) is 6.54 Å². The second-order valence-corrected chi connectivity index (χ2v) is 7.01. The molecule has 0 unspecified atom stereocenters. The van der Waals surface area contributed by atoms with E-state index in [-0.39, 0.29) is 23.5 Å². The quantitative estimate of drug-likeness (QED) is 0.627. The van der Waals surface area contributed by atoms with Gasteiger partial charge in [-0.2, -0.15) is 0 Å². The number of amides is 3. The third kappa shape index (κ3) is 5.11. The molecule has 3 N–H and O–H groups in total. The third-order valence-electron chi connectivity index (χ3n) is 3.76. The molecule has 0 saturated carbocycles. The van der Waals surface area contributed by atoms with E-state index in [0.29, 0.717) is 10.7 Å². The van der Waals surface area contributed by atoms with Gasteiger partial charge >= 0.3 is 6.03 Å². The van der Waals surface area contributed by atoms with Gasteiger partial charge in [0, 0.05) is 11.4 Å². The Labute approximate surface area is 160 Å². The van der Waals surface area contributed by atoms with Gasteiger partial charge in [-0.3, -0.25) is 4.79 Å². The highest BCUT2D eigenvalue weighted by atomic mass is 32.1. The highest BCUT2D eigenvalue weighted by Gasteiger charge is 2.14. The number of aryl methyl sites for hydroxylation is 2. The first-order valence-electron chi connectivity index (χ1n) is 8.32. The van der Waals surface area contributed by atoms with Crippen molar-refractivity contribution in [3.05, 3.63) is 69.7 Å². The Kier molecular flexibility index (Phi) is 5.77. The normalized spacial score (nSPS) is 10.3. The summed E-state index contributed by atoms with van der Waals surface area (Å²) in [5, 5.41) is 16.9. The molecular weight excluding hydrogens is 362 g/mol. The summed E-state index contributed by atoms with van der Waals surface area (Å²) in [5.74, 6) is -0.327. The van der Waals surface area contributed by atoms with Crippen LogP contribution < -0.4 is 16.0 Å². The predicted molar refractivity (Wildman–Crippen MR) is 106 cm³/mol. The molecule has 3 rings (SSSR count). The fourth-order valence-electron chi connectivity index (χ4n) is 2.27. The minimum atomic E-state index is -0.342. The summed E-state index contributed by atoms with van der Waals surface area (Å²) in [4.78, 5) is 24.2. The van der Waals surface area contributed by atoms with Crippen LogP contribution in [0.4, 0.5) is 16.2 Å². The Morgan fingerprint density at radius 2 is 1.70 bits per heavy atom. The number of para-hydroxylation sites is 1. The van der Waals surface area contributed by atoms with Crippen molar-refractivity contribution in [1.82, 2.24) is 15.5 Å². The highest BCUT2D eigenvalue weighted by molar-refractivity contribution is 7.13. The van der Waals surface area contributed by atoms with Crippen LogP contribution in [-0.4, -0.2) is 22.1 Å². The van der Waals surface area contributed by atoms with Crippen LogP contribution in [0.15, 0.2) is 48.5 Å². The molecule has 0 fully saturated rings. The lowest BCUT2D eigenvalue weighted by molar-refractivity contribution is 0.102. The first kappa shape index (κ1) is 18.5. The Morgan fingerprint density at radius 3 is 2.44 bits per heavy atom. The zero-order valence-corrected chi connectivity index (χ0v) is 15.8. The molecule has 0 saturated heterocycles. The van der Waals surface area contributed by atoms with Crippen LogP contribution in [0.1, 0.15) is 25.9 Å². The average molecular weight is 381 g/mol. The third-order valence-corrected chi connectivity index (χ3v) is 4.69. The number of rotatable bonds is 5. The maximum atomic E-state index is 12.2. The Bertz CT molecular complexity index is 953. The molecule has 3 amide bonds. The van der Waals surface area contributed by atoms with E-state index >= 15 is 0 Å². The van der Waals surface area contributed by atoms with Gasteiger partial charge in [-0.05, 0) is 37.6 Å². The van der Waals surface area contributed by atoms with Crippen LogP contribution in [0.5, 0.6) is 0 Å². The molecule has 0 spiro atoms. The molecule has 138 valence electrons. The van der Waals surface area contributed by atoms with Crippen LogP contribution in [0.25, 0.3) is 0 Å². The van der Waals surface area contributed by atoms with Gasteiger partial charge in [0.25, 0.3) is 5.91 Å². The topological polar surface area (TPSA) is 96.0 Å². The van der Waals surface area contributed by atoms with E-state index in [2.05, 4.69) is 26.1 Å². The van der Waals surface area contributed by atoms with E-state index in [1.165, 1.54) is 0 Å². The SMILES string of the molecule is Cc1ccc(NC(=O)c2nnc(CNC(=O)Nc3ccccc3C)s2)cc1. The number of benzene rings is 2. The fraction of sp³-hybridized carbons (Fsp3) is 0.158. The van der Waals surface area contributed by atoms with Crippen LogP contribution >= 0.6 is 11.3 Å². The van der Waals surface area contributed by atoms with Crippen molar-refractivity contribution in [3.63, 3.8) is 0 Å². The molecule has 0 aliphatic heterocycles. The lowest BCUT2D eigenvalue weighted by atomic mass is 10.2. The van der Waals surface area contributed by atoms with E-state index in [0.717, 1.165) is 28.2 Å². The summed E-state index contributed by atoms with van der Waals surface area (Å²) >= 11 is 1.14. The summed E-state index contributed by atoms with van der Waals surface area (Å²) in [6, 6.07) is 14.6. The molecule has 7 nitrogen and oxygen atoms in total. The number of hydrogen-bond acceptors (Lipinski definition) is 5. The number of aromatic nitrogens is 2. The second kappa shape index (κ2) is 8.41. The van der Waals surface area contributed by atoms with Crippen LogP contribution in [0.3, 0.4) is 0 Å². The molecule has 8 heteroatoms. The molecular formula is C19H19N5O2S. The first-order chi connectivity index (χ1) is 13.0. The predicted octanol–water partition coefficient (Wildman–Crippen LogP) is 3.73. The highest BCUT2D eigenvalue weighted by Crippen LogP contribution is 2.15. The van der Waals surface area contributed by atoms with Gasteiger partial charge in [-0.25, -0.2) is 4.79 Å². The van der Waals surface area contributed by atoms with Gasteiger partial charge in [-0.15, -0.1) is 10.2 Å². The number of carbonyl (C=O) groups excluding carboxylic acids is 2. The summed E-state index contributed by atoms with van der Waals surface area (Å²) < 4.78 is 0. The van der Waals surface area contributed by atoms with E-state index in [4.69, 9.17) is 0 Å². The summed E-state index contributed by atoms with van der Waals surface area (Å²) in [5.41, 5.74) is 3.52. The maximum Gasteiger partial charge on any atom is 0.319 e. The Balaban J connectivity index is 1.53. The van der Waals surface area contributed by atoms with Crippen molar-refractivity contribution in [2.75, 3.05) is 10.6 Å². The van der Waals surface area contributed by atoms with Crippen LogP contribution in [0, 0.1) is 13.8 Å². The van der Waals surface area contributed by atoms with Gasteiger partial charge in [0.1, 0.15) is 5.01 Å². The molecule has 3 aromatic rings. The largest absolute Gasteiger partial charge is 0.331 e. The van der Waals surface area contributed by atoms with Gasteiger partial charge < -0.3 is 16.0 Å². The zero-order chi connectivity index (χ0) is 19.2. The molecule has 0 radical (unpaired) electrons. The second-order valence-electron chi connectivity index (χ2n) is 5.94. The lowest BCUT2D eigenvalue weighted by Gasteiger charge is -2.08. The average Bonchev–Trinajstić information content (AvgIpc) is 3.13. The van der Waals surface area contributed by atoms with Crippen molar-refractivity contribution >= 4 is 34.6 Å². The standard InChI is InChI=1S/C19H19N5O2S/c1-12-7-9-14(10-8-12)21-17(25)18-24-23-16(27-18)11-20-19(26)22-15-6-4-3-5-13(15)2/h3-10H,11H2,1-2H3,(H,21,25)(H2,20,22,26). The minimum Gasteiger partial charge on any atom is -0.331 e. The van der Waals surface area contributed by atoms with Gasteiger partial charge in [0.05, 0.1) is 6.54 Å². The van der Waals surface area contributed by atoms with Crippen molar-refractivity contribution in [2.24, 2.45) is 0 Å². The van der Waals surface area contributed by atoms with E-state index < -0.39 is 0 Å². The number of urea groups is 1. The molecule has 0 aliphatic carbocycles. The monoisotopic (exact) mass is 381 g/mol. The maximum absolute atomic E-state index is 12.2. The smallest absolute Gasteiger partial charge is 0.319 e. The zero-order valence-electron chi connectivity index (χ0n) is 14.9. The van der Waals surface area contributed by atoms with Crippen molar-refractivity contribution in [1.29, 1.82) is 0 Å². The number of anilines is 2. The fourth-order valence-corrected chi connectivity index (χ4v) is 2.95. The summed E-state index contributed by atoms with van der Waals surface area (Å²) in [7, 11) is 0. The first-order valence-corrected chi connectivity index (χ1v) is 9.14. The Hall–Kier alpha value is -3.26. The lowest BCUT2D eigenvalue weighted by Crippen LogP contribution is -2.28. The number of nitrogens with one attached hydrogen (secondary N) is 3. The van der Waals surface area contributed by atoms with E-state index in [1.807, 2.05) is 62.4 Å². The van der Waals surface area contributed by atoms with E-state index in [1.54, 1.807) is 0 Å². The molecule has 27 heavy (non-hydrogen) atoms. The van der Waals surface area contributed by atoms with Gasteiger partial charge in [-0.1, -0.05) is 47.2 Å². The van der Waals surface area contributed by atoms with Gasteiger partial charge in [0.15, 0.2) is 0 Å². The van der Waals surface area contributed by atoms with Crippen molar-refractivity contribution in [2.45, 2.75) is 20.4 Å². The minimum absolute atomic E-state index is 0.188. The van der Waals surface area contributed by atoms with Gasteiger partial charge in [0.2, 0.25) is 5.01 Å². The molecule has 0 aliphatic rings. The number of hydrogen-bond donors (Lipinski definition) is 3. The molecule has 0 atom stereocenters. The van der Waals surface area contributed by atoms with Crippen molar-refractivity contribution in [3.8, 4) is 0 Å². The number of nitrogens with zero attached hydrogens (tertiary/aromatic N) is 2. The van der Waals surface area contributed by atoms with E-state index in [9.17, 15) is 9.59 Å². The molecule has 1 heterocycles. The molecule has 1 aromatic heterocycles. The summed E-state index contributed by atoms with van der Waals surface area (Å²) in [6.45, 7) is 4.08.